The molecule has 0 aromatic rings. The third kappa shape index (κ3) is 3.64. The first-order valence-corrected chi connectivity index (χ1v) is 5.25. The average molecular weight is 201 g/mol. The average Bonchev–Trinajstić information content (AvgIpc) is 2.11. The number of rotatable bonds is 6. The number of aliphatic hydroxyl groups excluding tert-OH is 1. The zero-order valence-electron chi connectivity index (χ0n) is 8.66. The Labute approximate surface area is 84.6 Å². The molecule has 0 unspecified atom stereocenters. The van der Waals surface area contributed by atoms with Crippen LogP contribution >= 0.6 is 0 Å². The van der Waals surface area contributed by atoms with Crippen LogP contribution in [-0.2, 0) is 9.53 Å². The van der Waals surface area contributed by atoms with Gasteiger partial charge in [0.2, 0.25) is 5.91 Å². The van der Waals surface area contributed by atoms with Crippen LogP contribution in [-0.4, -0.2) is 36.9 Å². The van der Waals surface area contributed by atoms with Crippen molar-refractivity contribution in [3.8, 4) is 0 Å². The van der Waals surface area contributed by atoms with Gasteiger partial charge in [-0.05, 0) is 25.7 Å². The number of nitrogens with one attached hydrogen (secondary N) is 1. The molecule has 1 fully saturated rings. The lowest BCUT2D eigenvalue weighted by Gasteiger charge is -2.34. The number of hydrogen-bond donors (Lipinski definition) is 2. The maximum absolute atomic E-state index is 11.2. The summed E-state index contributed by atoms with van der Waals surface area (Å²) < 4.78 is 5.40. The Hall–Kier alpha value is -0.610. The molecule has 4 heteroatoms. The first-order valence-electron chi connectivity index (χ1n) is 5.25. The van der Waals surface area contributed by atoms with E-state index in [0.29, 0.717) is 25.0 Å². The monoisotopic (exact) mass is 201 g/mol. The van der Waals surface area contributed by atoms with E-state index in [1.54, 1.807) is 0 Å². The van der Waals surface area contributed by atoms with Crippen LogP contribution in [0.25, 0.3) is 0 Å². The van der Waals surface area contributed by atoms with Crippen molar-refractivity contribution < 1.29 is 14.6 Å². The van der Waals surface area contributed by atoms with E-state index in [2.05, 4.69) is 5.32 Å². The molecule has 1 amide bonds. The lowest BCUT2D eigenvalue weighted by atomic mass is 9.80. The van der Waals surface area contributed by atoms with Gasteiger partial charge in [0.15, 0.2) is 0 Å². The molecule has 0 heterocycles. The summed E-state index contributed by atoms with van der Waals surface area (Å²) in [4.78, 5) is 11.2. The molecule has 1 rings (SSSR count). The molecular weight excluding hydrogens is 182 g/mol. The molecule has 1 saturated carbocycles. The quantitative estimate of drug-likeness (QED) is 0.650. The highest BCUT2D eigenvalue weighted by Gasteiger charge is 2.30. The fourth-order valence-electron chi connectivity index (χ4n) is 1.74. The molecule has 0 atom stereocenters. The summed E-state index contributed by atoms with van der Waals surface area (Å²) in [7, 11) is 0. The highest BCUT2D eigenvalue weighted by Crippen LogP contribution is 2.32. The van der Waals surface area contributed by atoms with Crippen molar-refractivity contribution in [2.24, 2.45) is 5.92 Å². The zero-order valence-corrected chi connectivity index (χ0v) is 8.66. The maximum atomic E-state index is 11.2. The summed E-state index contributed by atoms with van der Waals surface area (Å²) in [5.41, 5.74) is 0. The summed E-state index contributed by atoms with van der Waals surface area (Å²) in [5, 5.41) is 11.1. The molecule has 82 valence electrons. The van der Waals surface area contributed by atoms with Gasteiger partial charge in [0.05, 0.1) is 12.7 Å². The largest absolute Gasteiger partial charge is 0.395 e. The zero-order chi connectivity index (χ0) is 10.4. The van der Waals surface area contributed by atoms with Gasteiger partial charge in [-0.25, -0.2) is 0 Å². The first kappa shape index (κ1) is 11.5. The second-order valence-electron chi connectivity index (χ2n) is 3.69. The fourth-order valence-corrected chi connectivity index (χ4v) is 1.74. The van der Waals surface area contributed by atoms with E-state index in [1.807, 2.05) is 6.92 Å². The predicted octanol–water partition coefficient (Wildman–Crippen LogP) is 0.300. The molecule has 0 aromatic heterocycles. The first-order chi connectivity index (χ1) is 6.76. The van der Waals surface area contributed by atoms with E-state index < -0.39 is 0 Å². The van der Waals surface area contributed by atoms with Crippen molar-refractivity contribution in [3.63, 3.8) is 0 Å². The van der Waals surface area contributed by atoms with Crippen LogP contribution < -0.4 is 5.32 Å². The number of carbonyl (C=O) groups excluding carboxylic acids is 1. The van der Waals surface area contributed by atoms with Gasteiger partial charge < -0.3 is 15.2 Å². The van der Waals surface area contributed by atoms with Crippen molar-refractivity contribution in [2.75, 3.05) is 19.8 Å². The van der Waals surface area contributed by atoms with E-state index in [4.69, 9.17) is 9.84 Å². The number of ether oxygens (including phenoxy) is 1. The molecule has 2 N–H and O–H groups in total. The molecule has 0 radical (unpaired) electrons. The standard InChI is InChI=1S/C10H19NO3/c1-2-14-9-5-8(6-9)7-10(13)11-3-4-12/h8-9,12H,2-7H2,1H3,(H,11,13). The summed E-state index contributed by atoms with van der Waals surface area (Å²) in [5.74, 6) is 0.518. The van der Waals surface area contributed by atoms with E-state index in [-0.39, 0.29) is 12.5 Å². The molecule has 1 aliphatic rings. The third-order valence-corrected chi connectivity index (χ3v) is 2.50. The maximum Gasteiger partial charge on any atom is 0.220 e. The summed E-state index contributed by atoms with van der Waals surface area (Å²) >= 11 is 0. The lowest BCUT2D eigenvalue weighted by Crippen LogP contribution is -2.36. The third-order valence-electron chi connectivity index (χ3n) is 2.50. The van der Waals surface area contributed by atoms with Gasteiger partial charge in [0.25, 0.3) is 0 Å². The lowest BCUT2D eigenvalue weighted by molar-refractivity contribution is -0.124. The Kier molecular flexibility index (Phi) is 4.90. The molecule has 0 aliphatic heterocycles. The molecule has 0 bridgehead atoms. The van der Waals surface area contributed by atoms with Crippen LogP contribution in [0.1, 0.15) is 26.2 Å². The minimum atomic E-state index is 0.0119. The van der Waals surface area contributed by atoms with Crippen molar-refractivity contribution >= 4 is 5.91 Å². The van der Waals surface area contributed by atoms with Gasteiger partial charge in [-0.1, -0.05) is 0 Å². The molecule has 1 aliphatic carbocycles. The highest BCUT2D eigenvalue weighted by atomic mass is 16.5. The van der Waals surface area contributed by atoms with E-state index in [1.165, 1.54) is 0 Å². The van der Waals surface area contributed by atoms with Crippen LogP contribution in [0, 0.1) is 5.92 Å². The van der Waals surface area contributed by atoms with Crippen molar-refractivity contribution in [2.45, 2.75) is 32.3 Å². The Bertz CT molecular complexity index is 178. The molecule has 0 aromatic carbocycles. The molecule has 4 nitrogen and oxygen atoms in total. The summed E-state index contributed by atoms with van der Waals surface area (Å²) in [6.07, 6.45) is 2.94. The van der Waals surface area contributed by atoms with Crippen LogP contribution in [0.4, 0.5) is 0 Å². The summed E-state index contributed by atoms with van der Waals surface area (Å²) in [6, 6.07) is 0. The van der Waals surface area contributed by atoms with Crippen LogP contribution in [0.5, 0.6) is 0 Å². The van der Waals surface area contributed by atoms with Crippen LogP contribution in [0.3, 0.4) is 0 Å². The predicted molar refractivity (Wildman–Crippen MR) is 52.9 cm³/mol. The van der Waals surface area contributed by atoms with Crippen molar-refractivity contribution in [1.82, 2.24) is 5.32 Å². The normalized spacial score (nSPS) is 25.6. The van der Waals surface area contributed by atoms with Gasteiger partial charge in [-0.3, -0.25) is 4.79 Å². The molecule has 0 saturated heterocycles. The number of amides is 1. The minimum Gasteiger partial charge on any atom is -0.395 e. The van der Waals surface area contributed by atoms with Crippen molar-refractivity contribution in [1.29, 1.82) is 0 Å². The Balaban J connectivity index is 2.01. The molecular formula is C10H19NO3. The second-order valence-corrected chi connectivity index (χ2v) is 3.69. The van der Waals surface area contributed by atoms with E-state index in [9.17, 15) is 4.79 Å². The Morgan fingerprint density at radius 1 is 1.57 bits per heavy atom. The Morgan fingerprint density at radius 2 is 2.29 bits per heavy atom. The van der Waals surface area contributed by atoms with E-state index >= 15 is 0 Å². The van der Waals surface area contributed by atoms with Gasteiger partial charge in [0.1, 0.15) is 0 Å². The smallest absolute Gasteiger partial charge is 0.220 e. The number of aliphatic hydroxyl groups is 1. The van der Waals surface area contributed by atoms with Crippen molar-refractivity contribution in [3.05, 3.63) is 0 Å². The van der Waals surface area contributed by atoms with Gasteiger partial charge in [-0.2, -0.15) is 0 Å². The Morgan fingerprint density at radius 3 is 2.86 bits per heavy atom. The number of hydrogen-bond acceptors (Lipinski definition) is 3. The van der Waals surface area contributed by atoms with Crippen LogP contribution in [0.15, 0.2) is 0 Å². The van der Waals surface area contributed by atoms with Gasteiger partial charge >= 0.3 is 0 Å². The molecule has 14 heavy (non-hydrogen) atoms. The summed E-state index contributed by atoms with van der Waals surface area (Å²) in [6.45, 7) is 3.12. The second kappa shape index (κ2) is 5.98. The van der Waals surface area contributed by atoms with Gasteiger partial charge in [0, 0.05) is 19.6 Å². The SMILES string of the molecule is CCOC1CC(CC(=O)NCCO)C1. The van der Waals surface area contributed by atoms with Crippen LogP contribution in [0.2, 0.25) is 0 Å². The fraction of sp³-hybridized carbons (Fsp3) is 0.900. The minimum absolute atomic E-state index is 0.0119. The van der Waals surface area contributed by atoms with Gasteiger partial charge in [-0.15, -0.1) is 0 Å². The molecule has 0 spiro atoms. The highest BCUT2D eigenvalue weighted by molar-refractivity contribution is 5.76. The topological polar surface area (TPSA) is 58.6 Å². The number of carbonyl (C=O) groups is 1. The van der Waals surface area contributed by atoms with E-state index in [0.717, 1.165) is 19.4 Å².